The Labute approximate surface area is 56.1 Å². The molecule has 9 heavy (non-hydrogen) atoms. The highest BCUT2D eigenvalue weighted by Crippen LogP contribution is 2.11. The van der Waals surface area contributed by atoms with E-state index in [0.29, 0.717) is 5.82 Å². The van der Waals surface area contributed by atoms with Crippen LogP contribution in [0.2, 0.25) is 0 Å². The van der Waals surface area contributed by atoms with Crippen molar-refractivity contribution in [2.24, 2.45) is 0 Å². The molecule has 0 atom stereocenters. The van der Waals surface area contributed by atoms with E-state index in [9.17, 15) is 4.79 Å². The number of rotatable bonds is 2. The minimum Gasteiger partial charge on any atom is -0.300 e. The molecule has 1 rings (SSSR count). The van der Waals surface area contributed by atoms with E-state index in [1.54, 1.807) is 0 Å². The monoisotopic (exact) mass is 142 g/mol. The Morgan fingerprint density at radius 3 is 3.00 bits per heavy atom. The van der Waals surface area contributed by atoms with Crippen LogP contribution in [0.25, 0.3) is 0 Å². The second-order valence-electron chi connectivity index (χ2n) is 1.40. The van der Waals surface area contributed by atoms with Gasteiger partial charge in [-0.1, -0.05) is 4.49 Å². The number of carbonyl (C=O) groups excluding carboxylic acids is 1. The van der Waals surface area contributed by atoms with Crippen molar-refractivity contribution in [3.63, 3.8) is 0 Å². The molecule has 1 amide bonds. The van der Waals surface area contributed by atoms with Gasteiger partial charge >= 0.3 is 6.41 Å². The molecule has 0 saturated heterocycles. The van der Waals surface area contributed by atoms with Crippen LogP contribution >= 0.6 is 11.5 Å². The van der Waals surface area contributed by atoms with Crippen LogP contribution in [0, 0.1) is 6.92 Å². The zero-order chi connectivity index (χ0) is 6.69. The first kappa shape index (κ1) is 6.15. The maximum atomic E-state index is 9.73. The second kappa shape index (κ2) is 2.54. The lowest BCUT2D eigenvalue weighted by Gasteiger charge is -1.86. The van der Waals surface area contributed by atoms with E-state index < -0.39 is 0 Å². The SMILES string of the molecule is Cc1snnc1N[C]=O. The topological polar surface area (TPSA) is 54.9 Å². The quantitative estimate of drug-likeness (QED) is 0.605. The minimum atomic E-state index is 0.495. The number of nitrogens with one attached hydrogen (secondary N) is 1. The molecule has 47 valence electrons. The third-order valence-corrected chi connectivity index (χ3v) is 1.45. The fourth-order valence-electron chi connectivity index (χ4n) is 0.397. The molecule has 5 heteroatoms. The van der Waals surface area contributed by atoms with Crippen molar-refractivity contribution in [1.29, 1.82) is 0 Å². The Hall–Kier alpha value is -0.970. The number of hydrogen-bond acceptors (Lipinski definition) is 4. The molecule has 4 nitrogen and oxygen atoms in total. The van der Waals surface area contributed by atoms with Gasteiger partial charge in [0.25, 0.3) is 0 Å². The molecule has 0 aliphatic heterocycles. The average molecular weight is 142 g/mol. The Bertz CT molecular complexity index is 209. The van der Waals surface area contributed by atoms with Gasteiger partial charge in [0.05, 0.1) is 4.88 Å². The van der Waals surface area contributed by atoms with Crippen molar-refractivity contribution in [2.75, 3.05) is 5.32 Å². The summed E-state index contributed by atoms with van der Waals surface area (Å²) in [6.45, 7) is 1.82. The minimum absolute atomic E-state index is 0.495. The normalized spacial score (nSPS) is 9.00. The maximum Gasteiger partial charge on any atom is 0.315 e. The van der Waals surface area contributed by atoms with Gasteiger partial charge in [-0.15, -0.1) is 5.10 Å². The van der Waals surface area contributed by atoms with Gasteiger partial charge in [0, 0.05) is 0 Å². The highest BCUT2D eigenvalue weighted by Gasteiger charge is 1.99. The summed E-state index contributed by atoms with van der Waals surface area (Å²) in [6.07, 6.45) is 1.52. The van der Waals surface area contributed by atoms with Gasteiger partial charge in [-0.25, -0.2) is 0 Å². The zero-order valence-electron chi connectivity index (χ0n) is 4.71. The third kappa shape index (κ3) is 1.23. The molecule has 1 aromatic rings. The summed E-state index contributed by atoms with van der Waals surface area (Å²) >= 11 is 1.24. The summed E-state index contributed by atoms with van der Waals surface area (Å²) < 4.78 is 3.59. The van der Waals surface area contributed by atoms with Crippen molar-refractivity contribution in [1.82, 2.24) is 9.59 Å². The van der Waals surface area contributed by atoms with Crippen LogP contribution in [0.4, 0.5) is 5.82 Å². The zero-order valence-corrected chi connectivity index (χ0v) is 5.53. The van der Waals surface area contributed by atoms with Gasteiger partial charge in [-0.3, -0.25) is 10.1 Å². The number of hydrogen-bond donors (Lipinski definition) is 1. The first-order valence-corrected chi connectivity index (χ1v) is 3.04. The number of amides is 1. The van der Waals surface area contributed by atoms with Gasteiger partial charge in [-0.05, 0) is 18.5 Å². The second-order valence-corrected chi connectivity index (χ2v) is 2.36. The lowest BCUT2D eigenvalue weighted by molar-refractivity contribution is 0.560. The number of aryl methyl sites for hydroxylation is 1. The molecule has 1 aromatic heterocycles. The van der Waals surface area contributed by atoms with Gasteiger partial charge in [0.2, 0.25) is 0 Å². The summed E-state index contributed by atoms with van der Waals surface area (Å²) in [5, 5.41) is 5.89. The van der Waals surface area contributed by atoms with Crippen LogP contribution in [0.1, 0.15) is 4.88 Å². The first-order chi connectivity index (χ1) is 4.34. The molecule has 1 radical (unpaired) electrons. The highest BCUT2D eigenvalue weighted by molar-refractivity contribution is 7.05. The van der Waals surface area contributed by atoms with Gasteiger partial charge in [-0.2, -0.15) is 0 Å². The van der Waals surface area contributed by atoms with Crippen LogP contribution < -0.4 is 5.32 Å². The number of aromatic nitrogens is 2. The molecule has 0 unspecified atom stereocenters. The van der Waals surface area contributed by atoms with Gasteiger partial charge in [0.15, 0.2) is 5.82 Å². The molecular weight excluding hydrogens is 138 g/mol. The molecule has 0 aliphatic rings. The molecule has 0 spiro atoms. The highest BCUT2D eigenvalue weighted by atomic mass is 32.1. The molecule has 0 fully saturated rings. The fourth-order valence-corrected chi connectivity index (χ4v) is 0.821. The van der Waals surface area contributed by atoms with E-state index in [4.69, 9.17) is 0 Å². The number of anilines is 1. The Kier molecular flexibility index (Phi) is 1.74. The molecule has 0 aliphatic carbocycles. The predicted molar refractivity (Wildman–Crippen MR) is 34.0 cm³/mol. The summed E-state index contributed by atoms with van der Waals surface area (Å²) in [4.78, 5) is 10.6. The van der Waals surface area contributed by atoms with E-state index in [-0.39, 0.29) is 0 Å². The Balaban J connectivity index is 2.80. The number of nitrogens with zero attached hydrogens (tertiary/aromatic N) is 2. The van der Waals surface area contributed by atoms with Gasteiger partial charge < -0.3 is 0 Å². The van der Waals surface area contributed by atoms with E-state index in [1.165, 1.54) is 17.9 Å². The summed E-state index contributed by atoms with van der Waals surface area (Å²) in [7, 11) is 0. The summed E-state index contributed by atoms with van der Waals surface area (Å²) in [5.74, 6) is 0.495. The van der Waals surface area contributed by atoms with Crippen LogP contribution in [0.3, 0.4) is 0 Å². The van der Waals surface area contributed by atoms with Crippen LogP contribution in [-0.2, 0) is 4.79 Å². The predicted octanol–water partition coefficient (Wildman–Crippen LogP) is 0.326. The molecule has 0 bridgehead atoms. The molecular formula is C4H4N3OS. The summed E-state index contributed by atoms with van der Waals surface area (Å²) in [5.41, 5.74) is 0. The van der Waals surface area contributed by atoms with Crippen molar-refractivity contribution in [3.8, 4) is 0 Å². The van der Waals surface area contributed by atoms with E-state index >= 15 is 0 Å². The lowest BCUT2D eigenvalue weighted by atomic mass is 10.6. The van der Waals surface area contributed by atoms with Crippen molar-refractivity contribution in [3.05, 3.63) is 4.88 Å². The Morgan fingerprint density at radius 1 is 1.78 bits per heavy atom. The average Bonchev–Trinajstić information content (AvgIpc) is 2.18. The lowest BCUT2D eigenvalue weighted by Crippen LogP contribution is -1.94. The Morgan fingerprint density at radius 2 is 2.56 bits per heavy atom. The standard InChI is InChI=1S/C4H4N3OS/c1-3-4(5-2-8)6-7-9-3/h1H3,(H,5,8). The van der Waals surface area contributed by atoms with Crippen LogP contribution in [0.5, 0.6) is 0 Å². The van der Waals surface area contributed by atoms with E-state index in [1.807, 2.05) is 6.92 Å². The largest absolute Gasteiger partial charge is 0.315 e. The van der Waals surface area contributed by atoms with Gasteiger partial charge in [0.1, 0.15) is 0 Å². The maximum absolute atomic E-state index is 9.73. The van der Waals surface area contributed by atoms with Crippen molar-refractivity contribution < 1.29 is 4.79 Å². The molecule has 0 aromatic carbocycles. The molecule has 1 heterocycles. The smallest absolute Gasteiger partial charge is 0.300 e. The third-order valence-electron chi connectivity index (χ3n) is 0.821. The molecule has 1 N–H and O–H groups in total. The summed E-state index contributed by atoms with van der Waals surface area (Å²) in [6, 6.07) is 0. The first-order valence-electron chi connectivity index (χ1n) is 2.26. The van der Waals surface area contributed by atoms with Crippen molar-refractivity contribution >= 4 is 23.8 Å². The van der Waals surface area contributed by atoms with Crippen molar-refractivity contribution in [2.45, 2.75) is 6.92 Å². The van der Waals surface area contributed by atoms with Crippen LogP contribution in [0.15, 0.2) is 0 Å². The van der Waals surface area contributed by atoms with Crippen LogP contribution in [-0.4, -0.2) is 16.0 Å². The molecule has 0 saturated carbocycles. The van der Waals surface area contributed by atoms with E-state index in [0.717, 1.165) is 4.88 Å². The van der Waals surface area contributed by atoms with E-state index in [2.05, 4.69) is 14.9 Å². The fraction of sp³-hybridized carbons (Fsp3) is 0.250.